The quantitative estimate of drug-likeness (QED) is 0.726. The molecule has 1 heterocycles. The van der Waals surface area contributed by atoms with Crippen LogP contribution in [0.2, 0.25) is 0 Å². The summed E-state index contributed by atoms with van der Waals surface area (Å²) in [7, 11) is 2.98. The van der Waals surface area contributed by atoms with Crippen molar-refractivity contribution in [1.29, 1.82) is 5.26 Å². The molecule has 0 aliphatic carbocycles. The highest BCUT2D eigenvalue weighted by atomic mass is 79.9. The minimum absolute atomic E-state index is 0.0696. The van der Waals surface area contributed by atoms with Crippen LogP contribution in [0.3, 0.4) is 0 Å². The lowest BCUT2D eigenvalue weighted by Gasteiger charge is -2.29. The smallest absolute Gasteiger partial charge is 0.338 e. The topological polar surface area (TPSA) is 104 Å². The van der Waals surface area contributed by atoms with E-state index in [9.17, 15) is 10.1 Å². The normalized spacial score (nSPS) is 16.7. The minimum Gasteiger partial charge on any atom is -0.493 e. The van der Waals surface area contributed by atoms with E-state index in [1.54, 1.807) is 26.0 Å². The van der Waals surface area contributed by atoms with Gasteiger partial charge in [0.1, 0.15) is 17.4 Å². The maximum Gasteiger partial charge on any atom is 0.338 e. The summed E-state index contributed by atoms with van der Waals surface area (Å²) in [6.45, 7) is 3.48. The Labute approximate surface area is 160 Å². The van der Waals surface area contributed by atoms with Crippen LogP contribution >= 0.6 is 15.9 Å². The number of nitrogens with zero attached hydrogens (tertiary/aromatic N) is 1. The zero-order valence-corrected chi connectivity index (χ0v) is 16.5. The largest absolute Gasteiger partial charge is 0.493 e. The van der Waals surface area contributed by atoms with Gasteiger partial charge in [-0.3, -0.25) is 0 Å². The zero-order valence-electron chi connectivity index (χ0n) is 14.9. The van der Waals surface area contributed by atoms with Crippen LogP contribution in [0, 0.1) is 11.3 Å². The van der Waals surface area contributed by atoms with Crippen LogP contribution in [0.15, 0.2) is 39.4 Å². The molecule has 0 amide bonds. The Hall–Kier alpha value is -2.66. The van der Waals surface area contributed by atoms with Gasteiger partial charge in [-0.25, -0.2) is 4.79 Å². The monoisotopic (exact) mass is 422 g/mol. The van der Waals surface area contributed by atoms with Gasteiger partial charge in [-0.05, 0) is 26.0 Å². The number of benzene rings is 1. The number of halogens is 1. The number of hydrogen-bond acceptors (Lipinski definition) is 7. The molecule has 0 radical (unpaired) electrons. The van der Waals surface area contributed by atoms with E-state index in [1.165, 1.54) is 14.2 Å². The first-order valence-corrected chi connectivity index (χ1v) is 8.56. The van der Waals surface area contributed by atoms with Crippen LogP contribution in [-0.4, -0.2) is 26.8 Å². The van der Waals surface area contributed by atoms with Gasteiger partial charge in [0.05, 0.1) is 32.3 Å². The highest BCUT2D eigenvalue weighted by molar-refractivity contribution is 9.10. The van der Waals surface area contributed by atoms with Gasteiger partial charge in [0.2, 0.25) is 5.88 Å². The van der Waals surface area contributed by atoms with Crippen molar-refractivity contribution in [1.82, 2.24) is 0 Å². The van der Waals surface area contributed by atoms with E-state index in [0.29, 0.717) is 21.5 Å². The van der Waals surface area contributed by atoms with Gasteiger partial charge in [0.25, 0.3) is 0 Å². The van der Waals surface area contributed by atoms with Gasteiger partial charge >= 0.3 is 5.97 Å². The summed E-state index contributed by atoms with van der Waals surface area (Å²) in [5, 5.41) is 9.66. The number of nitriles is 1. The van der Waals surface area contributed by atoms with Crippen molar-refractivity contribution < 1.29 is 23.7 Å². The molecule has 1 aliphatic rings. The summed E-state index contributed by atoms with van der Waals surface area (Å²) in [4.78, 5) is 12.6. The van der Waals surface area contributed by atoms with E-state index in [0.717, 1.165) is 0 Å². The molecule has 1 atom stereocenters. The first-order chi connectivity index (χ1) is 12.4. The summed E-state index contributed by atoms with van der Waals surface area (Å²) in [6.07, 6.45) is 0. The molecule has 0 fully saturated rings. The minimum atomic E-state index is -0.827. The number of esters is 1. The fourth-order valence-corrected chi connectivity index (χ4v) is 3.38. The van der Waals surface area contributed by atoms with Gasteiger partial charge in [-0.2, -0.15) is 5.26 Å². The van der Waals surface area contributed by atoms with Crippen molar-refractivity contribution in [2.75, 3.05) is 20.8 Å². The van der Waals surface area contributed by atoms with E-state index < -0.39 is 11.9 Å². The fourth-order valence-electron chi connectivity index (χ4n) is 2.84. The predicted molar refractivity (Wildman–Crippen MR) is 97.2 cm³/mol. The highest BCUT2D eigenvalue weighted by Crippen LogP contribution is 2.48. The van der Waals surface area contributed by atoms with Gasteiger partial charge in [-0.1, -0.05) is 15.9 Å². The van der Waals surface area contributed by atoms with Gasteiger partial charge < -0.3 is 24.7 Å². The molecule has 0 spiro atoms. The van der Waals surface area contributed by atoms with Crippen molar-refractivity contribution in [2.45, 2.75) is 19.8 Å². The number of allylic oxidation sites excluding steroid dienone is 2. The molecule has 7 nitrogen and oxygen atoms in total. The summed E-state index contributed by atoms with van der Waals surface area (Å²) >= 11 is 3.48. The molecular weight excluding hydrogens is 404 g/mol. The van der Waals surface area contributed by atoms with Gasteiger partial charge in [0, 0.05) is 10.0 Å². The van der Waals surface area contributed by atoms with E-state index in [1.807, 2.05) is 6.07 Å². The van der Waals surface area contributed by atoms with Crippen LogP contribution in [0.1, 0.15) is 25.3 Å². The number of methoxy groups -OCH3 is 2. The molecule has 26 heavy (non-hydrogen) atoms. The third-order valence-corrected chi connectivity index (χ3v) is 4.61. The third kappa shape index (κ3) is 3.35. The molecule has 8 heteroatoms. The second kappa shape index (κ2) is 8.15. The molecule has 0 bridgehead atoms. The number of hydrogen-bond donors (Lipinski definition) is 1. The lowest BCUT2D eigenvalue weighted by atomic mass is 9.82. The number of ether oxygens (including phenoxy) is 4. The Balaban J connectivity index is 2.82. The molecule has 2 N–H and O–H groups in total. The van der Waals surface area contributed by atoms with E-state index in [-0.39, 0.29) is 29.4 Å². The summed E-state index contributed by atoms with van der Waals surface area (Å²) in [6, 6.07) is 5.50. The SMILES string of the molecule is CCOC(=O)C1=C(C)OC(N)=C(C#N)C1c1c(Br)ccc(OC)c1OC. The molecule has 0 aromatic heterocycles. The van der Waals surface area contributed by atoms with Crippen molar-refractivity contribution in [2.24, 2.45) is 5.73 Å². The number of nitrogens with two attached hydrogens (primary N) is 1. The number of rotatable bonds is 5. The predicted octanol–water partition coefficient (Wildman–Crippen LogP) is 3.11. The lowest BCUT2D eigenvalue weighted by molar-refractivity contribution is -0.139. The summed E-state index contributed by atoms with van der Waals surface area (Å²) in [5.41, 5.74) is 6.72. The van der Waals surface area contributed by atoms with Crippen LogP contribution < -0.4 is 15.2 Å². The second-order valence-electron chi connectivity index (χ2n) is 5.31. The molecule has 1 unspecified atom stereocenters. The van der Waals surface area contributed by atoms with Crippen molar-refractivity contribution in [3.05, 3.63) is 45.0 Å². The van der Waals surface area contributed by atoms with Crippen LogP contribution in [0.4, 0.5) is 0 Å². The van der Waals surface area contributed by atoms with Gasteiger partial charge in [-0.15, -0.1) is 0 Å². The maximum atomic E-state index is 12.6. The summed E-state index contributed by atoms with van der Waals surface area (Å²) in [5.74, 6) is -0.390. The third-order valence-electron chi connectivity index (χ3n) is 3.92. The van der Waals surface area contributed by atoms with E-state index in [4.69, 9.17) is 24.7 Å². The van der Waals surface area contributed by atoms with Crippen molar-refractivity contribution in [3.63, 3.8) is 0 Å². The highest BCUT2D eigenvalue weighted by Gasteiger charge is 2.39. The first kappa shape index (κ1) is 19.7. The van der Waals surface area contributed by atoms with E-state index >= 15 is 0 Å². The summed E-state index contributed by atoms with van der Waals surface area (Å²) < 4.78 is 22.1. The Bertz CT molecular complexity index is 839. The van der Waals surface area contributed by atoms with Crippen LogP contribution in [-0.2, 0) is 14.3 Å². The Kier molecular flexibility index (Phi) is 6.16. The Morgan fingerprint density at radius 2 is 2.08 bits per heavy atom. The lowest BCUT2D eigenvalue weighted by Crippen LogP contribution is -2.26. The van der Waals surface area contributed by atoms with Gasteiger partial charge in [0.15, 0.2) is 11.5 Å². The Morgan fingerprint density at radius 1 is 1.38 bits per heavy atom. The fraction of sp³-hybridized carbons (Fsp3) is 0.333. The average Bonchev–Trinajstić information content (AvgIpc) is 2.60. The standard InChI is InChI=1S/C18H19BrN2O5/c1-5-25-18(22)13-9(2)26-17(21)10(8-20)14(13)15-11(19)6-7-12(23-3)16(15)24-4/h6-7,14H,5,21H2,1-4H3. The molecular formula is C18H19BrN2O5. The Morgan fingerprint density at radius 3 is 2.62 bits per heavy atom. The zero-order chi connectivity index (χ0) is 19.4. The molecule has 0 saturated carbocycles. The van der Waals surface area contributed by atoms with Crippen LogP contribution in [0.5, 0.6) is 11.5 Å². The number of carbonyl (C=O) groups excluding carboxylic acids is 1. The first-order valence-electron chi connectivity index (χ1n) is 7.76. The average molecular weight is 423 g/mol. The van der Waals surface area contributed by atoms with E-state index in [2.05, 4.69) is 15.9 Å². The molecule has 1 aromatic rings. The van der Waals surface area contributed by atoms with Crippen molar-refractivity contribution in [3.8, 4) is 17.6 Å². The maximum absolute atomic E-state index is 12.6. The molecule has 138 valence electrons. The van der Waals surface area contributed by atoms with Crippen molar-refractivity contribution >= 4 is 21.9 Å². The molecule has 1 aliphatic heterocycles. The molecule has 1 aromatic carbocycles. The number of carbonyl (C=O) groups is 1. The molecule has 2 rings (SSSR count). The molecule has 0 saturated heterocycles. The van der Waals surface area contributed by atoms with Crippen LogP contribution in [0.25, 0.3) is 0 Å². The second-order valence-corrected chi connectivity index (χ2v) is 6.17.